The number of likely N-dealkylation sites (tertiary alicyclic amines) is 1. The zero-order valence-corrected chi connectivity index (χ0v) is 27.1. The molecule has 2 atom stereocenters. The number of pyridine rings is 1. The molecule has 0 radical (unpaired) electrons. The molecule has 51 heavy (non-hydrogen) atoms. The monoisotopic (exact) mass is 717 g/mol. The Morgan fingerprint density at radius 1 is 1.00 bits per heavy atom. The van der Waals surface area contributed by atoms with Crippen LogP contribution in [0.25, 0.3) is 11.1 Å². The number of nitrogens with one attached hydrogen (secondary N) is 1. The number of hydrogen-bond acceptors (Lipinski definition) is 5. The number of hydrogen-bond donors (Lipinski definition) is 2. The first-order valence-corrected chi connectivity index (χ1v) is 15.7. The maximum atomic E-state index is 15.9. The minimum atomic E-state index is -5.06. The van der Waals surface area contributed by atoms with Crippen molar-refractivity contribution in [3.05, 3.63) is 116 Å². The Morgan fingerprint density at radius 2 is 1.73 bits per heavy atom. The van der Waals surface area contributed by atoms with Crippen molar-refractivity contribution in [2.45, 2.75) is 50.9 Å². The van der Waals surface area contributed by atoms with Gasteiger partial charge in [-0.2, -0.15) is 13.2 Å². The van der Waals surface area contributed by atoms with E-state index in [-0.39, 0.29) is 35.2 Å². The van der Waals surface area contributed by atoms with Crippen molar-refractivity contribution in [3.8, 4) is 22.6 Å². The topological polar surface area (TPSA) is 101 Å². The molecular formula is C36H30F7N3O5. The second-order valence-corrected chi connectivity index (χ2v) is 12.8. The number of ether oxygens (including phenoxy) is 1. The van der Waals surface area contributed by atoms with Gasteiger partial charge in [0.2, 0.25) is 5.91 Å². The summed E-state index contributed by atoms with van der Waals surface area (Å²) in [6.45, 7) is 1.58. The fourth-order valence-electron chi connectivity index (χ4n) is 6.60. The predicted octanol–water partition coefficient (Wildman–Crippen LogP) is 6.95. The molecule has 15 heteroatoms. The molecule has 1 saturated heterocycles. The molecule has 3 aromatic carbocycles. The Balaban J connectivity index is 1.57. The molecule has 1 amide bonds. The van der Waals surface area contributed by atoms with Crippen molar-refractivity contribution < 1.29 is 50.2 Å². The molecular weight excluding hydrogens is 687 g/mol. The number of carbonyl (C=O) groups excluding carboxylic acids is 1. The van der Waals surface area contributed by atoms with Gasteiger partial charge in [-0.05, 0) is 78.9 Å². The summed E-state index contributed by atoms with van der Waals surface area (Å²) in [5, 5.41) is 12.2. The number of carboxylic acid groups (broad SMARTS) is 1. The van der Waals surface area contributed by atoms with Gasteiger partial charge in [-0.25, -0.2) is 17.6 Å². The van der Waals surface area contributed by atoms with Crippen LogP contribution in [0, 0.1) is 25.5 Å². The molecule has 2 aliphatic heterocycles. The van der Waals surface area contributed by atoms with Crippen LogP contribution in [0.5, 0.6) is 11.5 Å². The minimum Gasteiger partial charge on any atom is -0.481 e. The van der Waals surface area contributed by atoms with Gasteiger partial charge in [0, 0.05) is 35.5 Å². The second kappa shape index (κ2) is 13.2. The standard InChI is InChI=1S/C36H30F7N3O5/c1-18-4-3-5-28-31(18)21-10-19(2)32(38)24(11-21)27(14-30(48)49)44-34(50)33(23-12-22(51-28)6-7-26(23)37)46-15-20(8-9-45-16-35(39,40)17-45)25(13-29(46)47)36(41,42)43/h3-7,10-13,15,27,33H,8-9,14,16-17H2,1-2H3,(H,44,50)(H,48,49)/t27-,33-/m1/s1. The lowest BCUT2D eigenvalue weighted by molar-refractivity contribution is -0.139. The van der Waals surface area contributed by atoms with Gasteiger partial charge in [-0.1, -0.05) is 12.1 Å². The zero-order chi connectivity index (χ0) is 37.0. The summed E-state index contributed by atoms with van der Waals surface area (Å²) in [6, 6.07) is 7.66. The van der Waals surface area contributed by atoms with E-state index in [0.29, 0.717) is 27.5 Å². The smallest absolute Gasteiger partial charge is 0.416 e. The maximum Gasteiger partial charge on any atom is 0.416 e. The van der Waals surface area contributed by atoms with Gasteiger partial charge < -0.3 is 15.2 Å². The van der Waals surface area contributed by atoms with Crippen LogP contribution in [0.4, 0.5) is 30.7 Å². The van der Waals surface area contributed by atoms with E-state index in [9.17, 15) is 41.4 Å². The third-order valence-electron chi connectivity index (χ3n) is 8.97. The van der Waals surface area contributed by atoms with E-state index in [0.717, 1.165) is 12.1 Å². The van der Waals surface area contributed by atoms with Gasteiger partial charge >= 0.3 is 12.1 Å². The van der Waals surface area contributed by atoms with E-state index in [1.807, 2.05) is 0 Å². The van der Waals surface area contributed by atoms with Crippen LogP contribution in [0.15, 0.2) is 65.6 Å². The van der Waals surface area contributed by atoms with E-state index >= 15 is 8.78 Å². The zero-order valence-electron chi connectivity index (χ0n) is 27.1. The number of carbonyl (C=O) groups is 2. The first-order chi connectivity index (χ1) is 23.9. The molecule has 4 bridgehead atoms. The largest absolute Gasteiger partial charge is 0.481 e. The number of aromatic nitrogens is 1. The molecule has 268 valence electrons. The summed E-state index contributed by atoms with van der Waals surface area (Å²) in [6.07, 6.45) is -5.68. The van der Waals surface area contributed by atoms with E-state index < -0.39 is 95.9 Å². The van der Waals surface area contributed by atoms with Crippen LogP contribution in [-0.2, 0) is 22.2 Å². The number of aliphatic carboxylic acids is 1. The number of benzene rings is 3. The fourth-order valence-corrected chi connectivity index (χ4v) is 6.60. The quantitative estimate of drug-likeness (QED) is 0.210. The molecule has 2 aliphatic rings. The normalized spacial score (nSPS) is 18.6. The van der Waals surface area contributed by atoms with Crippen molar-refractivity contribution in [1.29, 1.82) is 0 Å². The molecule has 3 heterocycles. The summed E-state index contributed by atoms with van der Waals surface area (Å²) in [4.78, 5) is 41.0. The summed E-state index contributed by atoms with van der Waals surface area (Å²) >= 11 is 0. The highest BCUT2D eigenvalue weighted by Gasteiger charge is 2.44. The molecule has 0 aliphatic carbocycles. The van der Waals surface area contributed by atoms with Crippen molar-refractivity contribution in [3.63, 3.8) is 0 Å². The van der Waals surface area contributed by atoms with Gasteiger partial charge in [-0.3, -0.25) is 23.9 Å². The van der Waals surface area contributed by atoms with E-state index in [1.54, 1.807) is 25.1 Å². The Morgan fingerprint density at radius 3 is 2.39 bits per heavy atom. The molecule has 8 nitrogen and oxygen atoms in total. The molecule has 0 saturated carbocycles. The van der Waals surface area contributed by atoms with Crippen LogP contribution < -0.4 is 15.6 Å². The lowest BCUT2D eigenvalue weighted by Gasteiger charge is -2.38. The second-order valence-electron chi connectivity index (χ2n) is 12.8. The Hall–Kier alpha value is -5.18. The summed E-state index contributed by atoms with van der Waals surface area (Å²) in [5.41, 5.74) is -2.44. The third-order valence-corrected chi connectivity index (χ3v) is 8.97. The van der Waals surface area contributed by atoms with Crippen molar-refractivity contribution in [2.75, 3.05) is 19.6 Å². The number of halogens is 7. The summed E-state index contributed by atoms with van der Waals surface area (Å²) < 4.78 is 108. The molecule has 0 unspecified atom stereocenters. The van der Waals surface area contributed by atoms with E-state index in [1.165, 1.54) is 30.0 Å². The average Bonchev–Trinajstić information content (AvgIpc) is 3.02. The summed E-state index contributed by atoms with van der Waals surface area (Å²) in [5.74, 6) is -7.44. The Labute approximate surface area is 286 Å². The van der Waals surface area contributed by atoms with Crippen LogP contribution in [-0.4, -0.2) is 52.0 Å². The van der Waals surface area contributed by atoms with Gasteiger partial charge in [0.25, 0.3) is 11.5 Å². The van der Waals surface area contributed by atoms with Gasteiger partial charge in [0.05, 0.1) is 31.1 Å². The first-order valence-electron chi connectivity index (χ1n) is 15.7. The van der Waals surface area contributed by atoms with Crippen molar-refractivity contribution >= 4 is 11.9 Å². The number of rotatable bonds is 6. The van der Waals surface area contributed by atoms with E-state index in [2.05, 4.69) is 5.32 Å². The van der Waals surface area contributed by atoms with Crippen LogP contribution in [0.2, 0.25) is 0 Å². The van der Waals surface area contributed by atoms with Crippen LogP contribution in [0.1, 0.15) is 51.9 Å². The Bertz CT molecular complexity index is 2110. The molecule has 0 spiro atoms. The highest BCUT2D eigenvalue weighted by atomic mass is 19.4. The SMILES string of the molecule is Cc1cc2cc(c1F)[C@@H](CC(=O)O)NC(=O)[C@H](n1cc(CCN3CC(F)(F)C3)c(C(F)(F)F)cc1=O)c1cc(ccc1F)Oc1cccc(C)c1-2. The predicted molar refractivity (Wildman–Crippen MR) is 170 cm³/mol. The third kappa shape index (κ3) is 7.20. The summed E-state index contributed by atoms with van der Waals surface area (Å²) in [7, 11) is 0. The number of fused-ring (bicyclic) bond motifs is 6. The number of aryl methyl sites for hydroxylation is 2. The van der Waals surface area contributed by atoms with Gasteiger partial charge in [0.15, 0.2) is 0 Å². The minimum absolute atomic E-state index is 0.0321. The highest BCUT2D eigenvalue weighted by molar-refractivity contribution is 5.85. The van der Waals surface area contributed by atoms with E-state index in [4.69, 9.17) is 4.74 Å². The van der Waals surface area contributed by atoms with Gasteiger partial charge in [0.1, 0.15) is 29.2 Å². The molecule has 2 N–H and O–H groups in total. The molecule has 1 fully saturated rings. The number of alkyl halides is 5. The van der Waals surface area contributed by atoms with Crippen molar-refractivity contribution in [2.24, 2.45) is 0 Å². The van der Waals surface area contributed by atoms with Gasteiger partial charge in [-0.15, -0.1) is 0 Å². The highest BCUT2D eigenvalue weighted by Crippen LogP contribution is 2.41. The number of amides is 1. The van der Waals surface area contributed by atoms with Crippen LogP contribution >= 0.6 is 0 Å². The Kier molecular flexibility index (Phi) is 9.21. The maximum absolute atomic E-state index is 15.9. The molecule has 1 aromatic heterocycles. The average molecular weight is 718 g/mol. The number of nitrogens with zero attached hydrogens (tertiary/aromatic N) is 2. The fraction of sp³-hybridized carbons (Fsp3) is 0.306. The number of carboxylic acids is 1. The molecule has 6 rings (SSSR count). The van der Waals surface area contributed by atoms with Crippen LogP contribution in [0.3, 0.4) is 0 Å². The lowest BCUT2D eigenvalue weighted by atomic mass is 9.92. The van der Waals surface area contributed by atoms with Crippen molar-refractivity contribution in [1.82, 2.24) is 14.8 Å². The first kappa shape index (κ1) is 35.6. The lowest BCUT2D eigenvalue weighted by Crippen LogP contribution is -2.56. The molecule has 4 aromatic rings.